The molecule has 19 heavy (non-hydrogen) atoms. The van der Waals surface area contributed by atoms with Gasteiger partial charge in [0, 0.05) is 12.0 Å². The molecule has 0 saturated heterocycles. The summed E-state index contributed by atoms with van der Waals surface area (Å²) in [4.78, 5) is 12.1. The van der Waals surface area contributed by atoms with Gasteiger partial charge in [0.05, 0.1) is 15.7 Å². The molecule has 0 aliphatic rings. The fourth-order valence-corrected chi connectivity index (χ4v) is 2.15. The van der Waals surface area contributed by atoms with Crippen molar-refractivity contribution in [3.05, 3.63) is 63.4 Å². The Kier molecular flexibility index (Phi) is 4.08. The van der Waals surface area contributed by atoms with Gasteiger partial charge < -0.3 is 5.73 Å². The molecule has 0 aliphatic heterocycles. The Labute approximate surface area is 119 Å². The molecule has 0 bridgehead atoms. The molecule has 2 N–H and O–H groups in total. The van der Waals surface area contributed by atoms with E-state index in [2.05, 4.69) is 0 Å². The third kappa shape index (κ3) is 3.06. The number of Topliss-reactive ketones (excluding diaryl/α,β-unsaturated/α-hetero) is 1. The average Bonchev–Trinajstić information content (AvgIpc) is 2.38. The largest absolute Gasteiger partial charge is 0.396 e. The van der Waals surface area contributed by atoms with Crippen molar-refractivity contribution in [1.82, 2.24) is 0 Å². The number of benzene rings is 2. The second kappa shape index (κ2) is 5.59. The van der Waals surface area contributed by atoms with Gasteiger partial charge in [0.2, 0.25) is 0 Å². The summed E-state index contributed by atoms with van der Waals surface area (Å²) in [5, 5.41) is 0.425. The van der Waals surface area contributed by atoms with E-state index in [1.165, 1.54) is 18.2 Å². The minimum atomic E-state index is -0.413. The lowest BCUT2D eigenvalue weighted by atomic mass is 10.0. The Bertz CT molecular complexity index is 620. The first-order valence-corrected chi connectivity index (χ1v) is 6.25. The number of nitrogen functional groups attached to an aromatic ring is 1. The van der Waals surface area contributed by atoms with Gasteiger partial charge in [-0.3, -0.25) is 4.79 Å². The fraction of sp³-hybridized carbons (Fsp3) is 0.0714. The lowest BCUT2D eigenvalue weighted by Crippen LogP contribution is -2.06. The van der Waals surface area contributed by atoms with Crippen LogP contribution in [0.15, 0.2) is 36.4 Å². The van der Waals surface area contributed by atoms with E-state index in [1.54, 1.807) is 18.2 Å². The maximum absolute atomic E-state index is 13.5. The van der Waals surface area contributed by atoms with E-state index in [0.717, 1.165) is 0 Å². The maximum Gasteiger partial charge on any atom is 0.167 e. The molecule has 2 rings (SSSR count). The highest BCUT2D eigenvalue weighted by molar-refractivity contribution is 6.39. The van der Waals surface area contributed by atoms with E-state index in [9.17, 15) is 9.18 Å². The van der Waals surface area contributed by atoms with Gasteiger partial charge in [-0.1, -0.05) is 41.4 Å². The van der Waals surface area contributed by atoms with Crippen LogP contribution in [0, 0.1) is 5.82 Å². The van der Waals surface area contributed by atoms with Crippen LogP contribution in [0.1, 0.15) is 15.9 Å². The Hall–Kier alpha value is -1.58. The van der Waals surface area contributed by atoms with E-state index in [-0.39, 0.29) is 27.9 Å². The standard InChI is InChI=1S/C14H10Cl2FNO/c15-10-5-9(6-11(16)14(10)18)13(19)7-8-3-1-2-4-12(8)17/h1-6H,7,18H2. The molecule has 0 heterocycles. The molecule has 2 aromatic carbocycles. The van der Waals surface area contributed by atoms with Gasteiger partial charge in [0.1, 0.15) is 5.82 Å². The molecular formula is C14H10Cl2FNO. The first-order valence-electron chi connectivity index (χ1n) is 5.50. The Morgan fingerprint density at radius 3 is 2.32 bits per heavy atom. The van der Waals surface area contributed by atoms with Gasteiger partial charge in [-0.05, 0) is 23.8 Å². The minimum Gasteiger partial charge on any atom is -0.396 e. The molecule has 2 aromatic rings. The first-order chi connectivity index (χ1) is 8.99. The summed E-state index contributed by atoms with van der Waals surface area (Å²) < 4.78 is 13.5. The molecule has 5 heteroatoms. The van der Waals surface area contributed by atoms with E-state index < -0.39 is 5.82 Å². The van der Waals surface area contributed by atoms with E-state index in [0.29, 0.717) is 11.1 Å². The fourth-order valence-electron chi connectivity index (χ4n) is 1.66. The van der Waals surface area contributed by atoms with Crippen LogP contribution in [0.3, 0.4) is 0 Å². The SMILES string of the molecule is Nc1c(Cl)cc(C(=O)Cc2ccccc2F)cc1Cl. The average molecular weight is 298 g/mol. The van der Waals surface area contributed by atoms with Crippen molar-refractivity contribution in [1.29, 1.82) is 0 Å². The molecule has 2 nitrogen and oxygen atoms in total. The summed E-state index contributed by atoms with van der Waals surface area (Å²) in [5.74, 6) is -0.683. The predicted molar refractivity (Wildman–Crippen MR) is 75.3 cm³/mol. The van der Waals surface area contributed by atoms with Crippen LogP contribution in [0.4, 0.5) is 10.1 Å². The summed E-state index contributed by atoms with van der Waals surface area (Å²) >= 11 is 11.7. The predicted octanol–water partition coefficient (Wildman–Crippen LogP) is 4.14. The molecule has 0 aliphatic carbocycles. The lowest BCUT2D eigenvalue weighted by Gasteiger charge is -2.06. The van der Waals surface area contributed by atoms with Crippen LogP contribution in [-0.2, 0) is 6.42 Å². The van der Waals surface area contributed by atoms with Gasteiger partial charge in [-0.25, -0.2) is 4.39 Å². The maximum atomic E-state index is 13.5. The molecule has 0 saturated carbocycles. The summed E-state index contributed by atoms with van der Waals surface area (Å²) in [6.45, 7) is 0. The van der Waals surface area contributed by atoms with Crippen molar-refractivity contribution in [2.24, 2.45) is 0 Å². The van der Waals surface area contributed by atoms with Gasteiger partial charge in [0.15, 0.2) is 5.78 Å². The van der Waals surface area contributed by atoms with Crippen LogP contribution in [-0.4, -0.2) is 5.78 Å². The third-order valence-corrected chi connectivity index (χ3v) is 3.34. The van der Waals surface area contributed by atoms with Crippen molar-refractivity contribution < 1.29 is 9.18 Å². The summed E-state index contributed by atoms with van der Waals surface area (Å²) in [6, 6.07) is 8.99. The van der Waals surface area contributed by atoms with Gasteiger partial charge in [-0.15, -0.1) is 0 Å². The number of carbonyl (C=O) groups is 1. The molecule has 98 valence electrons. The van der Waals surface area contributed by atoms with Crippen LogP contribution >= 0.6 is 23.2 Å². The number of carbonyl (C=O) groups excluding carboxylic acids is 1. The summed E-state index contributed by atoms with van der Waals surface area (Å²) in [7, 11) is 0. The van der Waals surface area contributed by atoms with Crippen LogP contribution in [0.25, 0.3) is 0 Å². The molecule has 0 aromatic heterocycles. The zero-order chi connectivity index (χ0) is 14.0. The van der Waals surface area contributed by atoms with Crippen LogP contribution in [0.2, 0.25) is 10.0 Å². The molecule has 0 spiro atoms. The van der Waals surface area contributed by atoms with E-state index in [1.807, 2.05) is 0 Å². The Balaban J connectivity index is 2.28. The van der Waals surface area contributed by atoms with Gasteiger partial charge >= 0.3 is 0 Å². The third-order valence-electron chi connectivity index (χ3n) is 2.71. The number of hydrogen-bond acceptors (Lipinski definition) is 2. The zero-order valence-corrected chi connectivity index (χ0v) is 11.3. The minimum absolute atomic E-state index is 0.0523. The molecule has 0 unspecified atom stereocenters. The van der Waals surface area contributed by atoms with Crippen molar-refractivity contribution in [3.8, 4) is 0 Å². The number of rotatable bonds is 3. The van der Waals surface area contributed by atoms with E-state index in [4.69, 9.17) is 28.9 Å². The molecule has 0 radical (unpaired) electrons. The number of anilines is 1. The van der Waals surface area contributed by atoms with Crippen molar-refractivity contribution in [3.63, 3.8) is 0 Å². The topological polar surface area (TPSA) is 43.1 Å². The first kappa shape index (κ1) is 13.8. The van der Waals surface area contributed by atoms with Crippen molar-refractivity contribution in [2.75, 3.05) is 5.73 Å². The summed E-state index contributed by atoms with van der Waals surface area (Å²) in [6.07, 6.45) is -0.0523. The van der Waals surface area contributed by atoms with Gasteiger partial charge in [0.25, 0.3) is 0 Å². The molecular weight excluding hydrogens is 288 g/mol. The van der Waals surface area contributed by atoms with E-state index >= 15 is 0 Å². The molecule has 0 amide bonds. The normalized spacial score (nSPS) is 10.5. The Morgan fingerprint density at radius 1 is 1.16 bits per heavy atom. The quantitative estimate of drug-likeness (QED) is 0.683. The number of nitrogens with two attached hydrogens (primary N) is 1. The highest BCUT2D eigenvalue weighted by Crippen LogP contribution is 2.29. The van der Waals surface area contributed by atoms with Crippen LogP contribution in [0.5, 0.6) is 0 Å². The zero-order valence-electron chi connectivity index (χ0n) is 9.79. The van der Waals surface area contributed by atoms with Crippen molar-refractivity contribution in [2.45, 2.75) is 6.42 Å². The monoisotopic (exact) mass is 297 g/mol. The van der Waals surface area contributed by atoms with Crippen LogP contribution < -0.4 is 5.73 Å². The van der Waals surface area contributed by atoms with Crippen molar-refractivity contribution >= 4 is 34.7 Å². The number of halogens is 3. The van der Waals surface area contributed by atoms with Gasteiger partial charge in [-0.2, -0.15) is 0 Å². The second-order valence-electron chi connectivity index (χ2n) is 4.04. The smallest absolute Gasteiger partial charge is 0.167 e. The lowest BCUT2D eigenvalue weighted by molar-refractivity contribution is 0.0992. The number of hydrogen-bond donors (Lipinski definition) is 1. The highest BCUT2D eigenvalue weighted by atomic mass is 35.5. The Morgan fingerprint density at radius 2 is 1.74 bits per heavy atom. The number of ketones is 1. The second-order valence-corrected chi connectivity index (χ2v) is 4.86. The summed E-state index contributed by atoms with van der Waals surface area (Å²) in [5.41, 5.74) is 6.46. The molecule has 0 fully saturated rings. The molecule has 0 atom stereocenters. The highest BCUT2D eigenvalue weighted by Gasteiger charge is 2.13.